The summed E-state index contributed by atoms with van der Waals surface area (Å²) in [6.45, 7) is 2.27. The molecule has 43 heavy (non-hydrogen) atoms. The molecule has 1 heterocycles. The first-order valence-corrected chi connectivity index (χ1v) is 14.3. The number of nitrogens with one attached hydrogen (secondary N) is 1. The minimum Gasteiger partial charge on any atom is -0.508 e. The van der Waals surface area contributed by atoms with Gasteiger partial charge in [-0.1, -0.05) is 90.5 Å². The largest absolute Gasteiger partial charge is 0.508 e. The van der Waals surface area contributed by atoms with Crippen LogP contribution in [-0.4, -0.2) is 21.7 Å². The quantitative estimate of drug-likeness (QED) is 0.182. The van der Waals surface area contributed by atoms with Gasteiger partial charge in [-0.3, -0.25) is 10.1 Å². The Morgan fingerprint density at radius 1 is 0.814 bits per heavy atom. The van der Waals surface area contributed by atoms with Crippen LogP contribution in [0.1, 0.15) is 35.2 Å². The average molecular weight is 612 g/mol. The lowest BCUT2D eigenvalue weighted by Gasteiger charge is -2.35. The van der Waals surface area contributed by atoms with Crippen molar-refractivity contribution in [1.29, 1.82) is 0 Å². The number of phenolic OH excluding ortho intramolecular Hbond substituents is 2. The summed E-state index contributed by atoms with van der Waals surface area (Å²) in [4.78, 5) is 16.6. The minimum absolute atomic E-state index is 0. The summed E-state index contributed by atoms with van der Waals surface area (Å²) in [6, 6.07) is 37.6. The van der Waals surface area contributed by atoms with Crippen molar-refractivity contribution in [2.24, 2.45) is 0 Å². The summed E-state index contributed by atoms with van der Waals surface area (Å²) in [7, 11) is 0. The third kappa shape index (κ3) is 6.25. The molecule has 0 saturated carbocycles. The van der Waals surface area contributed by atoms with Crippen molar-refractivity contribution in [3.8, 4) is 22.6 Å². The highest BCUT2D eigenvalue weighted by Crippen LogP contribution is 2.41. The lowest BCUT2D eigenvalue weighted by atomic mass is 9.86. The number of halogens is 2. The molecule has 218 valence electrons. The second kappa shape index (κ2) is 12.5. The Kier molecular flexibility index (Phi) is 8.79. The summed E-state index contributed by atoms with van der Waals surface area (Å²) < 4.78 is 0. The van der Waals surface area contributed by atoms with E-state index in [1.54, 1.807) is 30.3 Å². The number of hydrogen-bond acceptors (Lipinski definition) is 4. The van der Waals surface area contributed by atoms with Gasteiger partial charge in [-0.05, 0) is 89.2 Å². The van der Waals surface area contributed by atoms with Gasteiger partial charge in [0.2, 0.25) is 5.91 Å². The molecule has 0 fully saturated rings. The molecule has 0 spiro atoms. The minimum atomic E-state index is -1.03. The summed E-state index contributed by atoms with van der Waals surface area (Å²) in [6.07, 6.45) is 0.430. The Morgan fingerprint density at radius 2 is 1.44 bits per heavy atom. The highest BCUT2D eigenvalue weighted by Gasteiger charge is 2.44. The normalized spacial score (nSPS) is 18.0. The van der Waals surface area contributed by atoms with Crippen LogP contribution in [0, 0.1) is 0 Å². The van der Waals surface area contributed by atoms with Gasteiger partial charge in [0.05, 0.1) is 12.6 Å². The molecule has 7 heteroatoms. The number of carbonyl (C=O) groups is 1. The number of nitrogens with zero attached hydrogens (tertiary/aromatic N) is 1. The molecule has 0 aliphatic carbocycles. The number of carbonyl (C=O) groups excluding carboxylic acids is 1. The average Bonchev–Trinajstić information content (AvgIpc) is 3.08. The molecule has 3 N–H and O–H groups in total. The molecule has 0 bridgehead atoms. The Morgan fingerprint density at radius 3 is 2.14 bits per heavy atom. The van der Waals surface area contributed by atoms with Crippen molar-refractivity contribution in [3.05, 3.63) is 149 Å². The van der Waals surface area contributed by atoms with Crippen LogP contribution in [0.15, 0.2) is 121 Å². The lowest BCUT2D eigenvalue weighted by Crippen LogP contribution is -2.56. The molecule has 2 atom stereocenters. The smallest absolute Gasteiger partial charge is 0.247 e. The van der Waals surface area contributed by atoms with Crippen LogP contribution in [0.3, 0.4) is 0 Å². The van der Waals surface area contributed by atoms with Crippen molar-refractivity contribution in [2.75, 3.05) is 4.90 Å². The molecule has 1 aliphatic rings. The number of rotatable bonds is 6. The molecular formula is C36H32Cl2N2O3. The second-order valence-electron chi connectivity index (χ2n) is 11.0. The van der Waals surface area contributed by atoms with Crippen molar-refractivity contribution in [1.82, 2.24) is 5.32 Å². The maximum atomic E-state index is 14.8. The fraction of sp³-hybridized carbons (Fsp3) is 0.139. The molecular weight excluding hydrogens is 579 g/mol. The Hall–Kier alpha value is -4.29. The monoisotopic (exact) mass is 610 g/mol. The van der Waals surface area contributed by atoms with E-state index in [4.69, 9.17) is 11.6 Å². The zero-order chi connectivity index (χ0) is 29.3. The van der Waals surface area contributed by atoms with Crippen LogP contribution in [0.5, 0.6) is 11.5 Å². The van der Waals surface area contributed by atoms with Gasteiger partial charge in [-0.15, -0.1) is 12.4 Å². The molecule has 1 aliphatic heterocycles. The van der Waals surface area contributed by atoms with Gasteiger partial charge in [0.1, 0.15) is 17.0 Å². The first-order chi connectivity index (χ1) is 20.3. The van der Waals surface area contributed by atoms with Gasteiger partial charge >= 0.3 is 0 Å². The highest BCUT2D eigenvalue weighted by atomic mass is 35.5. The van der Waals surface area contributed by atoms with Gasteiger partial charge < -0.3 is 15.1 Å². The van der Waals surface area contributed by atoms with Crippen LogP contribution >= 0.6 is 24.0 Å². The maximum Gasteiger partial charge on any atom is 0.247 e. The van der Waals surface area contributed by atoms with E-state index in [-0.39, 0.29) is 35.9 Å². The SMILES string of the molecule is CC1(Cc2ccccc2-c2ccccc2)NC(c2ccc(O)cc2)c2cc(Cl)ccc2N(Cc2ccc(O)cc2)C1=O.Cl. The maximum absolute atomic E-state index is 14.8. The lowest BCUT2D eigenvalue weighted by molar-refractivity contribution is -0.124. The molecule has 1 amide bonds. The Balaban J connectivity index is 0.00000368. The Labute approximate surface area is 262 Å². The van der Waals surface area contributed by atoms with Crippen LogP contribution in [0.2, 0.25) is 5.02 Å². The van der Waals surface area contributed by atoms with Gasteiger partial charge in [0.25, 0.3) is 0 Å². The number of phenols is 2. The van der Waals surface area contributed by atoms with Crippen molar-refractivity contribution >= 4 is 35.6 Å². The number of hydrogen-bond donors (Lipinski definition) is 3. The zero-order valence-corrected chi connectivity index (χ0v) is 25.1. The van der Waals surface area contributed by atoms with Gasteiger partial charge in [-0.2, -0.15) is 0 Å². The number of benzene rings is 5. The molecule has 6 rings (SSSR count). The predicted octanol–water partition coefficient (Wildman–Crippen LogP) is 8.07. The fourth-order valence-corrected chi connectivity index (χ4v) is 6.00. The molecule has 2 unspecified atom stereocenters. The predicted molar refractivity (Wildman–Crippen MR) is 175 cm³/mol. The number of fused-ring (bicyclic) bond motifs is 1. The van der Waals surface area contributed by atoms with Crippen molar-refractivity contribution in [3.63, 3.8) is 0 Å². The van der Waals surface area contributed by atoms with Gasteiger partial charge in [0.15, 0.2) is 0 Å². The van der Waals surface area contributed by atoms with E-state index in [0.717, 1.165) is 39.1 Å². The van der Waals surface area contributed by atoms with E-state index in [2.05, 4.69) is 29.6 Å². The zero-order valence-electron chi connectivity index (χ0n) is 23.6. The van der Waals surface area contributed by atoms with Crippen LogP contribution in [0.4, 0.5) is 5.69 Å². The first kappa shape index (κ1) is 30.2. The number of anilines is 1. The standard InChI is InChI=1S/C36H31ClN2O3.ClH/c1-36(22-27-9-5-6-10-31(27)25-7-3-2-4-8-25)35(42)39(23-24-11-16-29(40)17-12-24)33-20-15-28(37)21-32(33)34(38-36)26-13-18-30(41)19-14-26;/h2-21,34,38,40-41H,22-23H2,1H3;1H. The third-order valence-electron chi connectivity index (χ3n) is 7.92. The highest BCUT2D eigenvalue weighted by molar-refractivity contribution is 6.30. The summed E-state index contributed by atoms with van der Waals surface area (Å²) in [5.74, 6) is 0.260. The second-order valence-corrected chi connectivity index (χ2v) is 11.4. The topological polar surface area (TPSA) is 72.8 Å². The van der Waals surface area contributed by atoms with Crippen molar-refractivity contribution < 1.29 is 15.0 Å². The molecule has 5 aromatic rings. The molecule has 5 aromatic carbocycles. The molecule has 0 radical (unpaired) electrons. The van der Waals surface area contributed by atoms with Crippen LogP contribution in [0.25, 0.3) is 11.1 Å². The molecule has 5 nitrogen and oxygen atoms in total. The van der Waals surface area contributed by atoms with Crippen LogP contribution < -0.4 is 10.2 Å². The van der Waals surface area contributed by atoms with E-state index in [0.29, 0.717) is 18.0 Å². The molecule has 0 saturated heterocycles. The van der Waals surface area contributed by atoms with Crippen LogP contribution in [-0.2, 0) is 17.8 Å². The van der Waals surface area contributed by atoms with Crippen molar-refractivity contribution in [2.45, 2.75) is 31.5 Å². The number of aromatic hydroxyl groups is 2. The number of amides is 1. The summed E-state index contributed by atoms with van der Waals surface area (Å²) in [5.41, 5.74) is 5.58. The first-order valence-electron chi connectivity index (χ1n) is 13.9. The van der Waals surface area contributed by atoms with Gasteiger partial charge in [0, 0.05) is 10.7 Å². The fourth-order valence-electron chi connectivity index (χ4n) is 5.82. The summed E-state index contributed by atoms with van der Waals surface area (Å²) >= 11 is 6.56. The molecule has 0 aromatic heterocycles. The Bertz CT molecular complexity index is 1730. The van der Waals surface area contributed by atoms with E-state index in [1.165, 1.54) is 0 Å². The summed E-state index contributed by atoms with van der Waals surface area (Å²) in [5, 5.41) is 24.2. The van der Waals surface area contributed by atoms with Gasteiger partial charge in [-0.25, -0.2) is 0 Å². The van der Waals surface area contributed by atoms with E-state index in [1.807, 2.05) is 78.6 Å². The van der Waals surface area contributed by atoms with E-state index in [9.17, 15) is 15.0 Å². The van der Waals surface area contributed by atoms with E-state index < -0.39 is 5.54 Å². The third-order valence-corrected chi connectivity index (χ3v) is 8.16. The van der Waals surface area contributed by atoms with E-state index >= 15 is 0 Å².